The number of furan rings is 1. The number of nitrogens with zero attached hydrogens (tertiary/aromatic N) is 4. The number of carbonyl (C=O) groups is 1. The summed E-state index contributed by atoms with van der Waals surface area (Å²) in [5.74, 6) is 2.34. The van der Waals surface area contributed by atoms with E-state index in [0.717, 1.165) is 29.2 Å². The SMILES string of the molecule is COc1ccc(-c2nnc(SC(C)C(=O)N3c4ccccc4CC3C)n2Cc2ccco2)cc1. The van der Waals surface area contributed by atoms with Crippen molar-refractivity contribution in [3.8, 4) is 17.1 Å². The molecule has 0 saturated heterocycles. The lowest BCUT2D eigenvalue weighted by molar-refractivity contribution is -0.118. The first-order chi connectivity index (χ1) is 16.5. The molecule has 2 atom stereocenters. The van der Waals surface area contributed by atoms with Crippen molar-refractivity contribution in [1.29, 1.82) is 0 Å². The Labute approximate surface area is 202 Å². The molecule has 174 valence electrons. The van der Waals surface area contributed by atoms with Crippen LogP contribution in [0.3, 0.4) is 0 Å². The van der Waals surface area contributed by atoms with Crippen molar-refractivity contribution in [3.05, 3.63) is 78.3 Å². The van der Waals surface area contributed by atoms with Gasteiger partial charge in [0, 0.05) is 17.3 Å². The average Bonchev–Trinajstić information content (AvgIpc) is 3.58. The fraction of sp³-hybridized carbons (Fsp3) is 0.269. The average molecular weight is 475 g/mol. The van der Waals surface area contributed by atoms with Gasteiger partial charge in [0.1, 0.15) is 11.5 Å². The van der Waals surface area contributed by atoms with Gasteiger partial charge in [0.05, 0.1) is 25.2 Å². The summed E-state index contributed by atoms with van der Waals surface area (Å²) in [5, 5.41) is 9.26. The summed E-state index contributed by atoms with van der Waals surface area (Å²) in [4.78, 5) is 15.4. The Hall–Kier alpha value is -3.52. The van der Waals surface area contributed by atoms with E-state index < -0.39 is 0 Å². The number of aromatic nitrogens is 3. The minimum absolute atomic E-state index is 0.0704. The number of hydrogen-bond donors (Lipinski definition) is 0. The van der Waals surface area contributed by atoms with Crippen molar-refractivity contribution in [3.63, 3.8) is 0 Å². The molecule has 1 aliphatic rings. The number of hydrogen-bond acceptors (Lipinski definition) is 6. The van der Waals surface area contributed by atoms with E-state index in [-0.39, 0.29) is 17.2 Å². The molecule has 4 aromatic rings. The van der Waals surface area contributed by atoms with Crippen LogP contribution in [-0.4, -0.2) is 39.1 Å². The van der Waals surface area contributed by atoms with Crippen LogP contribution >= 0.6 is 11.8 Å². The molecule has 3 heterocycles. The van der Waals surface area contributed by atoms with E-state index >= 15 is 0 Å². The standard InChI is InChI=1S/C26H26N4O3S/c1-17-15-20-7-4-5-9-23(20)30(17)25(31)18(2)34-26-28-27-24(19-10-12-21(32-3)13-11-19)29(26)16-22-8-6-14-33-22/h4-14,17-18H,15-16H2,1-3H3. The number of fused-ring (bicyclic) bond motifs is 1. The molecule has 8 heteroatoms. The van der Waals surface area contributed by atoms with E-state index in [1.54, 1.807) is 13.4 Å². The molecule has 0 aliphatic carbocycles. The van der Waals surface area contributed by atoms with Crippen LogP contribution in [0.1, 0.15) is 25.2 Å². The van der Waals surface area contributed by atoms with Crippen molar-refractivity contribution in [2.45, 2.75) is 43.3 Å². The van der Waals surface area contributed by atoms with Gasteiger partial charge in [-0.2, -0.15) is 0 Å². The van der Waals surface area contributed by atoms with Gasteiger partial charge in [-0.1, -0.05) is 30.0 Å². The second kappa shape index (κ2) is 9.38. The van der Waals surface area contributed by atoms with Gasteiger partial charge in [-0.25, -0.2) is 0 Å². The zero-order chi connectivity index (χ0) is 23.7. The highest BCUT2D eigenvalue weighted by molar-refractivity contribution is 8.00. The Morgan fingerprint density at radius 3 is 2.68 bits per heavy atom. The van der Waals surface area contributed by atoms with Crippen LogP contribution < -0.4 is 9.64 Å². The first-order valence-electron chi connectivity index (χ1n) is 11.2. The summed E-state index contributed by atoms with van der Waals surface area (Å²) in [7, 11) is 1.64. The Morgan fingerprint density at radius 2 is 1.94 bits per heavy atom. The van der Waals surface area contributed by atoms with Crippen LogP contribution in [-0.2, 0) is 17.8 Å². The van der Waals surface area contributed by atoms with Gasteiger partial charge in [-0.15, -0.1) is 10.2 Å². The Balaban J connectivity index is 1.43. The van der Waals surface area contributed by atoms with Crippen molar-refractivity contribution in [2.24, 2.45) is 0 Å². The molecule has 5 rings (SSSR count). The summed E-state index contributed by atoms with van der Waals surface area (Å²) in [6, 6.07) is 19.7. The molecule has 2 aromatic heterocycles. The molecular weight excluding hydrogens is 448 g/mol. The molecule has 1 aliphatic heterocycles. The molecule has 34 heavy (non-hydrogen) atoms. The highest BCUT2D eigenvalue weighted by Crippen LogP contribution is 2.35. The summed E-state index contributed by atoms with van der Waals surface area (Å²) < 4.78 is 12.9. The first kappa shape index (κ1) is 22.3. The van der Waals surface area contributed by atoms with Crippen LogP contribution in [0, 0.1) is 0 Å². The monoisotopic (exact) mass is 474 g/mol. The third-order valence-electron chi connectivity index (χ3n) is 6.03. The molecule has 1 amide bonds. The molecule has 0 bridgehead atoms. The predicted octanol–water partition coefficient (Wildman–Crippen LogP) is 5.05. The molecule has 0 radical (unpaired) electrons. The van der Waals surface area contributed by atoms with E-state index in [0.29, 0.717) is 17.5 Å². The fourth-order valence-electron chi connectivity index (χ4n) is 4.34. The van der Waals surface area contributed by atoms with Gasteiger partial charge >= 0.3 is 0 Å². The minimum Gasteiger partial charge on any atom is -0.497 e. The van der Waals surface area contributed by atoms with Crippen molar-refractivity contribution in [2.75, 3.05) is 12.0 Å². The lowest BCUT2D eigenvalue weighted by Crippen LogP contribution is -2.40. The minimum atomic E-state index is -0.336. The maximum absolute atomic E-state index is 13.5. The Bertz CT molecular complexity index is 1280. The lowest BCUT2D eigenvalue weighted by atomic mass is 10.1. The third-order valence-corrected chi connectivity index (χ3v) is 7.10. The molecular formula is C26H26N4O3S. The number of ether oxygens (including phenoxy) is 1. The molecule has 0 saturated carbocycles. The summed E-state index contributed by atoms with van der Waals surface area (Å²) >= 11 is 1.42. The van der Waals surface area contributed by atoms with Gasteiger partial charge in [0.2, 0.25) is 5.91 Å². The topological polar surface area (TPSA) is 73.4 Å². The van der Waals surface area contributed by atoms with E-state index in [1.165, 1.54) is 17.3 Å². The van der Waals surface area contributed by atoms with Crippen LogP contribution in [0.2, 0.25) is 0 Å². The highest BCUT2D eigenvalue weighted by Gasteiger charge is 2.34. The molecule has 0 spiro atoms. The zero-order valence-electron chi connectivity index (χ0n) is 19.3. The van der Waals surface area contributed by atoms with Gasteiger partial charge in [0.15, 0.2) is 11.0 Å². The van der Waals surface area contributed by atoms with Crippen molar-refractivity contribution < 1.29 is 13.9 Å². The Kier molecular flexibility index (Phi) is 6.15. The molecule has 0 N–H and O–H groups in total. The zero-order valence-corrected chi connectivity index (χ0v) is 20.2. The van der Waals surface area contributed by atoms with E-state index in [1.807, 2.05) is 71.0 Å². The van der Waals surface area contributed by atoms with Gasteiger partial charge in [-0.05, 0) is 68.3 Å². The van der Waals surface area contributed by atoms with Crippen molar-refractivity contribution >= 4 is 23.4 Å². The third kappa shape index (κ3) is 4.21. The van der Waals surface area contributed by atoms with Crippen molar-refractivity contribution in [1.82, 2.24) is 14.8 Å². The molecule has 2 unspecified atom stereocenters. The summed E-state index contributed by atoms with van der Waals surface area (Å²) in [6.45, 7) is 4.49. The van der Waals surface area contributed by atoms with Gasteiger partial charge < -0.3 is 14.1 Å². The number of amides is 1. The van der Waals surface area contributed by atoms with Crippen LogP contribution in [0.15, 0.2) is 76.5 Å². The quantitative estimate of drug-likeness (QED) is 0.349. The highest BCUT2D eigenvalue weighted by atomic mass is 32.2. The van der Waals surface area contributed by atoms with Gasteiger partial charge in [0.25, 0.3) is 0 Å². The van der Waals surface area contributed by atoms with Gasteiger partial charge in [-0.3, -0.25) is 9.36 Å². The lowest BCUT2D eigenvalue weighted by Gasteiger charge is -2.25. The summed E-state index contributed by atoms with van der Waals surface area (Å²) in [6.07, 6.45) is 2.52. The number of benzene rings is 2. The number of rotatable bonds is 7. The molecule has 7 nitrogen and oxygen atoms in total. The molecule has 2 aromatic carbocycles. The maximum Gasteiger partial charge on any atom is 0.240 e. The smallest absolute Gasteiger partial charge is 0.240 e. The van der Waals surface area contributed by atoms with Crippen LogP contribution in [0.4, 0.5) is 5.69 Å². The second-order valence-electron chi connectivity index (χ2n) is 8.35. The Morgan fingerprint density at radius 1 is 1.15 bits per heavy atom. The second-order valence-corrected chi connectivity index (χ2v) is 9.66. The number of carbonyl (C=O) groups excluding carboxylic acids is 1. The first-order valence-corrected chi connectivity index (χ1v) is 12.1. The predicted molar refractivity (Wildman–Crippen MR) is 132 cm³/mol. The molecule has 0 fully saturated rings. The number of thioether (sulfide) groups is 1. The van der Waals surface area contributed by atoms with Crippen LogP contribution in [0.5, 0.6) is 5.75 Å². The normalized spacial score (nSPS) is 15.9. The number of para-hydroxylation sites is 1. The van der Waals surface area contributed by atoms with Crippen LogP contribution in [0.25, 0.3) is 11.4 Å². The maximum atomic E-state index is 13.5. The fourth-order valence-corrected chi connectivity index (χ4v) is 5.23. The summed E-state index contributed by atoms with van der Waals surface area (Å²) in [5.41, 5.74) is 3.12. The largest absolute Gasteiger partial charge is 0.497 e. The number of methoxy groups -OCH3 is 1. The van der Waals surface area contributed by atoms with E-state index in [9.17, 15) is 4.79 Å². The number of anilines is 1. The van der Waals surface area contributed by atoms with E-state index in [2.05, 4.69) is 23.2 Å². The van der Waals surface area contributed by atoms with E-state index in [4.69, 9.17) is 9.15 Å².